The minimum Gasteiger partial charge on any atom is -0.368 e. The zero-order valence-electron chi connectivity index (χ0n) is 10.9. The van der Waals surface area contributed by atoms with Crippen molar-refractivity contribution in [1.82, 2.24) is 10.3 Å². The largest absolute Gasteiger partial charge is 0.417 e. The number of carbonyl (C=O) groups is 2. The van der Waals surface area contributed by atoms with Crippen molar-refractivity contribution < 1.29 is 22.8 Å². The topological polar surface area (TPSA) is 88.3 Å². The molecule has 0 unspecified atom stereocenters. The Hall–Kier alpha value is -2.32. The average Bonchev–Trinajstić information content (AvgIpc) is 2.34. The van der Waals surface area contributed by atoms with E-state index in [2.05, 4.69) is 10.3 Å². The summed E-state index contributed by atoms with van der Waals surface area (Å²) >= 11 is 0. The van der Waals surface area contributed by atoms with Gasteiger partial charge < -0.3 is 16.0 Å². The Labute approximate surface area is 118 Å². The first kappa shape index (κ1) is 15.1. The molecule has 2 heterocycles. The van der Waals surface area contributed by atoms with Crippen LogP contribution in [0.1, 0.15) is 12.0 Å². The number of carbonyl (C=O) groups excluding carboxylic acids is 2. The fraction of sp³-hybridized carbons (Fsp3) is 0.417. The molecule has 0 aromatic carbocycles. The summed E-state index contributed by atoms with van der Waals surface area (Å²) in [5.41, 5.74) is 4.07. The number of hydrogen-bond donors (Lipinski definition) is 2. The van der Waals surface area contributed by atoms with Gasteiger partial charge >= 0.3 is 6.18 Å². The van der Waals surface area contributed by atoms with E-state index in [1.54, 1.807) is 4.90 Å². The zero-order valence-corrected chi connectivity index (χ0v) is 10.9. The lowest BCUT2D eigenvalue weighted by molar-refractivity contribution is -0.137. The van der Waals surface area contributed by atoms with Crippen molar-refractivity contribution >= 4 is 17.6 Å². The number of pyridine rings is 1. The Morgan fingerprint density at radius 2 is 2.14 bits per heavy atom. The van der Waals surface area contributed by atoms with Crippen molar-refractivity contribution in [2.75, 3.05) is 18.0 Å². The molecular weight excluding hydrogens is 289 g/mol. The number of alkyl halides is 3. The highest BCUT2D eigenvalue weighted by molar-refractivity contribution is 5.89. The zero-order chi connectivity index (χ0) is 15.6. The third kappa shape index (κ3) is 3.41. The number of aromatic nitrogens is 1. The summed E-state index contributed by atoms with van der Waals surface area (Å²) in [6, 6.07) is 1.59. The normalized spacial score (nSPS) is 18.0. The van der Waals surface area contributed by atoms with Crippen molar-refractivity contribution in [3.63, 3.8) is 0 Å². The Morgan fingerprint density at radius 3 is 2.57 bits per heavy atom. The number of rotatable bonds is 4. The van der Waals surface area contributed by atoms with Crippen molar-refractivity contribution in [3.8, 4) is 0 Å². The molecule has 1 aromatic rings. The van der Waals surface area contributed by atoms with Gasteiger partial charge in [0.25, 0.3) is 0 Å². The molecule has 9 heteroatoms. The van der Waals surface area contributed by atoms with E-state index in [9.17, 15) is 22.8 Å². The third-order valence-corrected chi connectivity index (χ3v) is 3.13. The first-order valence-corrected chi connectivity index (χ1v) is 6.15. The molecule has 0 radical (unpaired) electrons. The SMILES string of the molecule is NC(=O)CNC(=O)[C@@H]1CCN1c1ccc(C(F)(F)F)cn1. The van der Waals surface area contributed by atoms with Gasteiger partial charge in [-0.3, -0.25) is 9.59 Å². The molecule has 0 spiro atoms. The van der Waals surface area contributed by atoms with Crippen LogP contribution in [0, 0.1) is 0 Å². The Morgan fingerprint density at radius 1 is 1.43 bits per heavy atom. The second-order valence-corrected chi connectivity index (χ2v) is 4.58. The molecular formula is C12H13F3N4O2. The second kappa shape index (κ2) is 5.58. The van der Waals surface area contributed by atoms with Crippen molar-refractivity contribution in [2.24, 2.45) is 5.73 Å². The first-order chi connectivity index (χ1) is 9.79. The maximum absolute atomic E-state index is 12.4. The third-order valence-electron chi connectivity index (χ3n) is 3.13. The number of halogens is 3. The van der Waals surface area contributed by atoms with Gasteiger partial charge in [0.2, 0.25) is 11.8 Å². The molecule has 21 heavy (non-hydrogen) atoms. The average molecular weight is 302 g/mol. The van der Waals surface area contributed by atoms with Crippen molar-refractivity contribution in [1.29, 1.82) is 0 Å². The van der Waals surface area contributed by atoms with Crippen molar-refractivity contribution in [2.45, 2.75) is 18.6 Å². The quantitative estimate of drug-likeness (QED) is 0.836. The Balaban J connectivity index is 2.02. The van der Waals surface area contributed by atoms with E-state index in [1.807, 2.05) is 0 Å². The van der Waals surface area contributed by atoms with Gasteiger partial charge in [0, 0.05) is 12.7 Å². The lowest BCUT2D eigenvalue weighted by Crippen LogP contribution is -2.57. The van der Waals surface area contributed by atoms with Gasteiger partial charge in [0.05, 0.1) is 12.1 Å². The summed E-state index contributed by atoms with van der Waals surface area (Å²) in [5, 5.41) is 2.36. The van der Waals surface area contributed by atoms with Gasteiger partial charge in [0.15, 0.2) is 0 Å². The van der Waals surface area contributed by atoms with Crippen LogP contribution in [0.4, 0.5) is 19.0 Å². The van der Waals surface area contributed by atoms with Gasteiger partial charge in [-0.05, 0) is 18.6 Å². The van der Waals surface area contributed by atoms with E-state index < -0.39 is 29.6 Å². The molecule has 6 nitrogen and oxygen atoms in total. The molecule has 1 aliphatic heterocycles. The summed E-state index contributed by atoms with van der Waals surface area (Å²) in [6.07, 6.45) is -3.18. The predicted molar refractivity (Wildman–Crippen MR) is 67.2 cm³/mol. The standard InChI is InChI=1S/C12H13F3N4O2/c13-12(14,15)7-1-2-10(17-5-7)19-4-3-8(19)11(21)18-6-9(16)20/h1-2,5,8H,3-4,6H2,(H2,16,20)(H,18,21)/t8-/m0/s1. The molecule has 0 saturated carbocycles. The summed E-state index contributed by atoms with van der Waals surface area (Å²) in [7, 11) is 0. The van der Waals surface area contributed by atoms with Crippen molar-refractivity contribution in [3.05, 3.63) is 23.9 Å². The lowest BCUT2D eigenvalue weighted by Gasteiger charge is -2.40. The smallest absolute Gasteiger partial charge is 0.368 e. The molecule has 0 aliphatic carbocycles. The summed E-state index contributed by atoms with van der Waals surface area (Å²) in [5.74, 6) is -0.780. The van der Waals surface area contributed by atoms with Crippen LogP contribution in [0.15, 0.2) is 18.3 Å². The molecule has 3 N–H and O–H groups in total. The van der Waals surface area contributed by atoms with Crippen LogP contribution in [0.2, 0.25) is 0 Å². The number of amides is 2. The maximum Gasteiger partial charge on any atom is 0.417 e. The van der Waals surface area contributed by atoms with Crippen LogP contribution >= 0.6 is 0 Å². The van der Waals surface area contributed by atoms with E-state index in [1.165, 1.54) is 6.07 Å². The molecule has 2 rings (SSSR count). The van der Waals surface area contributed by atoms with Crippen LogP contribution in [-0.4, -0.2) is 35.9 Å². The molecule has 114 valence electrons. The van der Waals surface area contributed by atoms with Crippen LogP contribution in [-0.2, 0) is 15.8 Å². The molecule has 1 atom stereocenters. The van der Waals surface area contributed by atoms with Gasteiger partial charge in [-0.2, -0.15) is 13.2 Å². The van der Waals surface area contributed by atoms with Crippen LogP contribution in [0.25, 0.3) is 0 Å². The highest BCUT2D eigenvalue weighted by Gasteiger charge is 2.36. The van der Waals surface area contributed by atoms with Gasteiger partial charge in [-0.15, -0.1) is 0 Å². The molecule has 1 aliphatic rings. The summed E-state index contributed by atoms with van der Waals surface area (Å²) in [4.78, 5) is 27.7. The summed E-state index contributed by atoms with van der Waals surface area (Å²) < 4.78 is 37.3. The molecule has 0 bridgehead atoms. The molecule has 1 aromatic heterocycles. The monoisotopic (exact) mass is 302 g/mol. The maximum atomic E-state index is 12.4. The van der Waals surface area contributed by atoms with E-state index in [0.717, 1.165) is 12.3 Å². The number of primary amides is 1. The summed E-state index contributed by atoms with van der Waals surface area (Å²) in [6.45, 7) is 0.233. The molecule has 1 fully saturated rings. The van der Waals surface area contributed by atoms with Crippen LogP contribution in [0.3, 0.4) is 0 Å². The second-order valence-electron chi connectivity index (χ2n) is 4.58. The van der Waals surface area contributed by atoms with Crippen LogP contribution in [0.5, 0.6) is 0 Å². The fourth-order valence-corrected chi connectivity index (χ4v) is 1.95. The van der Waals surface area contributed by atoms with E-state index in [-0.39, 0.29) is 12.4 Å². The predicted octanol–water partition coefficient (Wildman–Crippen LogP) is 0.281. The fourth-order valence-electron chi connectivity index (χ4n) is 1.95. The number of anilines is 1. The Bertz CT molecular complexity index is 544. The van der Waals surface area contributed by atoms with Gasteiger partial charge in [-0.1, -0.05) is 0 Å². The minimum atomic E-state index is -4.45. The first-order valence-electron chi connectivity index (χ1n) is 6.15. The highest BCUT2D eigenvalue weighted by Crippen LogP contribution is 2.31. The van der Waals surface area contributed by atoms with E-state index in [4.69, 9.17) is 5.73 Å². The highest BCUT2D eigenvalue weighted by atomic mass is 19.4. The van der Waals surface area contributed by atoms with Gasteiger partial charge in [0.1, 0.15) is 11.9 Å². The number of nitrogens with zero attached hydrogens (tertiary/aromatic N) is 2. The minimum absolute atomic E-state index is 0.274. The lowest BCUT2D eigenvalue weighted by atomic mass is 10.0. The molecule has 2 amide bonds. The number of nitrogens with two attached hydrogens (primary N) is 1. The van der Waals surface area contributed by atoms with E-state index in [0.29, 0.717) is 13.0 Å². The molecule has 1 saturated heterocycles. The number of hydrogen-bond acceptors (Lipinski definition) is 4. The van der Waals surface area contributed by atoms with E-state index >= 15 is 0 Å². The van der Waals surface area contributed by atoms with Gasteiger partial charge in [-0.25, -0.2) is 4.98 Å². The number of nitrogens with one attached hydrogen (secondary N) is 1. The van der Waals surface area contributed by atoms with Crippen LogP contribution < -0.4 is 16.0 Å². The Kier molecular flexibility index (Phi) is 4.01.